The van der Waals surface area contributed by atoms with E-state index in [1.54, 1.807) is 23.9 Å². The van der Waals surface area contributed by atoms with Crippen LogP contribution in [0.2, 0.25) is 0 Å². The molecule has 0 unspecified atom stereocenters. The Bertz CT molecular complexity index is 457. The fourth-order valence-electron chi connectivity index (χ4n) is 1.16. The molecule has 90 valence electrons. The molecule has 0 saturated carbocycles. The second-order valence-electron chi connectivity index (χ2n) is 3.10. The van der Waals surface area contributed by atoms with Gasteiger partial charge in [-0.25, -0.2) is 8.42 Å². The fraction of sp³-hybridized carbons (Fsp3) is 0.400. The molecule has 1 aromatic carbocycles. The van der Waals surface area contributed by atoms with Crippen LogP contribution in [0.5, 0.6) is 5.75 Å². The number of benzene rings is 1. The van der Waals surface area contributed by atoms with Crippen molar-refractivity contribution in [3.8, 4) is 5.75 Å². The molecule has 16 heavy (non-hydrogen) atoms. The molecule has 1 aromatic rings. The molecule has 0 aliphatic carbocycles. The lowest BCUT2D eigenvalue weighted by molar-refractivity contribution is 0.402. The van der Waals surface area contributed by atoms with Gasteiger partial charge < -0.3 is 4.74 Å². The molecule has 0 radical (unpaired) electrons. The lowest BCUT2D eigenvalue weighted by atomic mass is 10.3. The van der Waals surface area contributed by atoms with Crippen molar-refractivity contribution < 1.29 is 13.2 Å². The van der Waals surface area contributed by atoms with E-state index in [9.17, 15) is 8.42 Å². The van der Waals surface area contributed by atoms with Crippen molar-refractivity contribution >= 4 is 31.5 Å². The van der Waals surface area contributed by atoms with Gasteiger partial charge in [0.25, 0.3) is 9.05 Å². The lowest BCUT2D eigenvalue weighted by Gasteiger charge is -2.07. The minimum atomic E-state index is -3.74. The Morgan fingerprint density at radius 1 is 1.44 bits per heavy atom. The average Bonchev–Trinajstić information content (AvgIpc) is 2.24. The van der Waals surface area contributed by atoms with Crippen LogP contribution < -0.4 is 4.74 Å². The zero-order valence-corrected chi connectivity index (χ0v) is 11.5. The van der Waals surface area contributed by atoms with E-state index in [2.05, 4.69) is 6.92 Å². The summed E-state index contributed by atoms with van der Waals surface area (Å²) in [7, 11) is 2.97. The highest BCUT2D eigenvalue weighted by molar-refractivity contribution is 8.13. The maximum atomic E-state index is 11.2. The van der Waals surface area contributed by atoms with Gasteiger partial charge >= 0.3 is 0 Å². The molecule has 0 aliphatic rings. The van der Waals surface area contributed by atoms with E-state index in [4.69, 9.17) is 15.4 Å². The summed E-state index contributed by atoms with van der Waals surface area (Å²) < 4.78 is 27.4. The first-order chi connectivity index (χ1) is 7.49. The molecule has 6 heteroatoms. The largest absolute Gasteiger partial charge is 0.495 e. The Hall–Kier alpha value is -0.390. The molecular formula is C10H13ClO3S2. The maximum Gasteiger partial charge on any atom is 0.264 e. The van der Waals surface area contributed by atoms with Crippen LogP contribution in [-0.4, -0.2) is 21.3 Å². The number of ether oxygens (including phenoxy) is 1. The molecule has 0 spiro atoms. The first-order valence-electron chi connectivity index (χ1n) is 4.74. The number of hydrogen-bond donors (Lipinski definition) is 0. The smallest absolute Gasteiger partial charge is 0.264 e. The summed E-state index contributed by atoms with van der Waals surface area (Å²) in [6.45, 7) is 2.09. The Morgan fingerprint density at radius 3 is 2.62 bits per heavy atom. The van der Waals surface area contributed by atoms with Crippen molar-refractivity contribution in [2.24, 2.45) is 0 Å². The van der Waals surface area contributed by atoms with Crippen LogP contribution in [0.25, 0.3) is 0 Å². The standard InChI is InChI=1S/C10H13ClO3S2/c1-3-6-15-8-4-5-10(16(11,12)13)9(7-8)14-2/h4-5,7H,3,6H2,1-2H3. The van der Waals surface area contributed by atoms with Gasteiger partial charge in [0.2, 0.25) is 0 Å². The predicted octanol–water partition coefficient (Wildman–Crippen LogP) is 3.12. The van der Waals surface area contributed by atoms with Crippen molar-refractivity contribution in [1.82, 2.24) is 0 Å². The van der Waals surface area contributed by atoms with E-state index in [1.165, 1.54) is 13.2 Å². The number of hydrogen-bond acceptors (Lipinski definition) is 4. The topological polar surface area (TPSA) is 43.4 Å². The lowest BCUT2D eigenvalue weighted by Crippen LogP contribution is -1.96. The Balaban J connectivity index is 3.07. The monoisotopic (exact) mass is 280 g/mol. The molecule has 0 bridgehead atoms. The minimum Gasteiger partial charge on any atom is -0.495 e. The second-order valence-corrected chi connectivity index (χ2v) is 6.80. The van der Waals surface area contributed by atoms with E-state index in [0.29, 0.717) is 0 Å². The van der Waals surface area contributed by atoms with Crippen LogP contribution in [0, 0.1) is 0 Å². The summed E-state index contributed by atoms with van der Waals surface area (Å²) >= 11 is 1.65. The van der Waals surface area contributed by atoms with Gasteiger partial charge in [0.15, 0.2) is 0 Å². The molecule has 0 saturated heterocycles. The highest BCUT2D eigenvalue weighted by atomic mass is 35.7. The third-order valence-corrected chi connectivity index (χ3v) is 4.43. The quantitative estimate of drug-likeness (QED) is 0.614. The van der Waals surface area contributed by atoms with Gasteiger partial charge in [0, 0.05) is 15.6 Å². The molecule has 3 nitrogen and oxygen atoms in total. The number of halogens is 1. The summed E-state index contributed by atoms with van der Waals surface area (Å²) in [4.78, 5) is 0.986. The second kappa shape index (κ2) is 5.80. The van der Waals surface area contributed by atoms with Crippen molar-refractivity contribution in [2.45, 2.75) is 23.1 Å². The predicted molar refractivity (Wildman–Crippen MR) is 67.0 cm³/mol. The molecule has 0 fully saturated rings. The van der Waals surface area contributed by atoms with Crippen molar-refractivity contribution in [3.63, 3.8) is 0 Å². The third-order valence-electron chi connectivity index (χ3n) is 1.87. The van der Waals surface area contributed by atoms with E-state index in [-0.39, 0.29) is 10.6 Å². The van der Waals surface area contributed by atoms with E-state index >= 15 is 0 Å². The number of methoxy groups -OCH3 is 1. The summed E-state index contributed by atoms with van der Waals surface area (Å²) in [5.74, 6) is 1.27. The van der Waals surface area contributed by atoms with Gasteiger partial charge in [-0.3, -0.25) is 0 Å². The van der Waals surface area contributed by atoms with Gasteiger partial charge in [-0.1, -0.05) is 6.92 Å². The Kier molecular flexibility index (Phi) is 4.95. The average molecular weight is 281 g/mol. The SMILES string of the molecule is CCCSc1ccc(S(=O)(=O)Cl)c(OC)c1. The highest BCUT2D eigenvalue weighted by Gasteiger charge is 2.16. The van der Waals surface area contributed by atoms with Gasteiger partial charge in [0.05, 0.1) is 7.11 Å². The summed E-state index contributed by atoms with van der Waals surface area (Å²) in [5, 5.41) is 0. The minimum absolute atomic E-state index is 0.0116. The summed E-state index contributed by atoms with van der Waals surface area (Å²) in [6, 6.07) is 4.90. The molecule has 1 rings (SSSR count). The van der Waals surface area contributed by atoms with E-state index < -0.39 is 9.05 Å². The van der Waals surface area contributed by atoms with Crippen LogP contribution in [0.15, 0.2) is 28.0 Å². The molecule has 0 amide bonds. The number of thioether (sulfide) groups is 1. The van der Waals surface area contributed by atoms with Gasteiger partial charge in [0.1, 0.15) is 10.6 Å². The van der Waals surface area contributed by atoms with Gasteiger partial charge in [-0.15, -0.1) is 11.8 Å². The molecular weight excluding hydrogens is 268 g/mol. The zero-order chi connectivity index (χ0) is 12.2. The van der Waals surface area contributed by atoms with Crippen LogP contribution in [0.1, 0.15) is 13.3 Å². The summed E-state index contributed by atoms with van der Waals surface area (Å²) in [6.07, 6.45) is 1.06. The maximum absolute atomic E-state index is 11.2. The fourth-order valence-corrected chi connectivity index (χ4v) is 2.95. The van der Waals surface area contributed by atoms with E-state index in [1.807, 2.05) is 0 Å². The van der Waals surface area contributed by atoms with Crippen LogP contribution in [-0.2, 0) is 9.05 Å². The van der Waals surface area contributed by atoms with Crippen LogP contribution >= 0.6 is 22.4 Å². The highest BCUT2D eigenvalue weighted by Crippen LogP contribution is 2.31. The molecule has 0 atom stereocenters. The van der Waals surface area contributed by atoms with Crippen LogP contribution in [0.4, 0.5) is 0 Å². The van der Waals surface area contributed by atoms with Crippen molar-refractivity contribution in [2.75, 3.05) is 12.9 Å². The number of rotatable bonds is 5. The first-order valence-corrected chi connectivity index (χ1v) is 8.04. The molecule has 0 heterocycles. The molecule has 0 aliphatic heterocycles. The Labute approximate surface area is 105 Å². The first kappa shape index (κ1) is 13.7. The van der Waals surface area contributed by atoms with Crippen molar-refractivity contribution in [3.05, 3.63) is 18.2 Å². The van der Waals surface area contributed by atoms with Crippen LogP contribution in [0.3, 0.4) is 0 Å². The normalized spacial score (nSPS) is 11.4. The third kappa shape index (κ3) is 3.57. The molecule has 0 N–H and O–H groups in total. The van der Waals surface area contributed by atoms with Gasteiger partial charge in [-0.05, 0) is 30.4 Å². The zero-order valence-electron chi connectivity index (χ0n) is 9.07. The van der Waals surface area contributed by atoms with Gasteiger partial charge in [-0.2, -0.15) is 0 Å². The van der Waals surface area contributed by atoms with Crippen molar-refractivity contribution in [1.29, 1.82) is 0 Å². The summed E-state index contributed by atoms with van der Waals surface area (Å²) in [5.41, 5.74) is 0. The van der Waals surface area contributed by atoms with E-state index in [0.717, 1.165) is 17.1 Å². The Morgan fingerprint density at radius 2 is 2.12 bits per heavy atom. The molecule has 0 aromatic heterocycles.